The number of morpholine rings is 1. The molecule has 2 aliphatic rings. The van der Waals surface area contributed by atoms with E-state index in [0.717, 1.165) is 57.7 Å². The van der Waals surface area contributed by atoms with Gasteiger partial charge in [0.05, 0.1) is 25.1 Å². The highest BCUT2D eigenvalue weighted by Crippen LogP contribution is 2.16. The summed E-state index contributed by atoms with van der Waals surface area (Å²) >= 11 is 0. The maximum Gasteiger partial charge on any atom is 0.319 e. The summed E-state index contributed by atoms with van der Waals surface area (Å²) in [5.74, 6) is 1.69. The molecule has 1 aromatic rings. The number of amides is 2. The molecular formula is C18H29N5O2. The third-order valence-electron chi connectivity index (χ3n) is 4.80. The monoisotopic (exact) mass is 347 g/mol. The largest absolute Gasteiger partial charge is 0.378 e. The molecule has 0 saturated carbocycles. The lowest BCUT2D eigenvalue weighted by Gasteiger charge is -2.30. The van der Waals surface area contributed by atoms with Gasteiger partial charge in [-0.2, -0.15) is 0 Å². The summed E-state index contributed by atoms with van der Waals surface area (Å²) < 4.78 is 5.35. The highest BCUT2D eigenvalue weighted by atomic mass is 16.5. The van der Waals surface area contributed by atoms with Gasteiger partial charge in [0.1, 0.15) is 5.82 Å². The van der Waals surface area contributed by atoms with Gasteiger partial charge in [-0.25, -0.2) is 9.78 Å². The Hall–Kier alpha value is -1.86. The zero-order valence-corrected chi connectivity index (χ0v) is 15.0. The molecule has 7 nitrogen and oxygen atoms in total. The van der Waals surface area contributed by atoms with E-state index in [1.54, 1.807) is 6.20 Å². The number of piperidine rings is 1. The van der Waals surface area contributed by atoms with Crippen LogP contribution in [0, 0.1) is 5.92 Å². The highest BCUT2D eigenvalue weighted by molar-refractivity contribution is 5.89. The van der Waals surface area contributed by atoms with Gasteiger partial charge in [0.25, 0.3) is 0 Å². The number of ether oxygens (including phenoxy) is 1. The van der Waals surface area contributed by atoms with Crippen molar-refractivity contribution in [1.82, 2.24) is 15.2 Å². The number of hydrogen-bond acceptors (Lipinski definition) is 5. The van der Waals surface area contributed by atoms with Crippen LogP contribution in [0.25, 0.3) is 0 Å². The molecule has 0 unspecified atom stereocenters. The molecule has 2 fully saturated rings. The topological polar surface area (TPSA) is 69.7 Å². The quantitative estimate of drug-likeness (QED) is 0.850. The lowest BCUT2D eigenvalue weighted by molar-refractivity contribution is 0.122. The van der Waals surface area contributed by atoms with Crippen molar-refractivity contribution in [3.63, 3.8) is 0 Å². The molecule has 2 saturated heterocycles. The molecule has 2 aliphatic heterocycles. The van der Waals surface area contributed by atoms with Crippen LogP contribution in [0.15, 0.2) is 18.3 Å². The fourth-order valence-corrected chi connectivity index (χ4v) is 3.43. The first-order valence-corrected chi connectivity index (χ1v) is 9.26. The van der Waals surface area contributed by atoms with E-state index in [2.05, 4.69) is 32.3 Å². The average Bonchev–Trinajstić information content (AvgIpc) is 2.63. The van der Waals surface area contributed by atoms with Crippen LogP contribution in [0.1, 0.15) is 19.8 Å². The smallest absolute Gasteiger partial charge is 0.319 e. The van der Waals surface area contributed by atoms with E-state index in [1.807, 2.05) is 12.1 Å². The van der Waals surface area contributed by atoms with E-state index in [4.69, 9.17) is 4.74 Å². The Balaban J connectivity index is 1.38. The maximum absolute atomic E-state index is 12.0. The van der Waals surface area contributed by atoms with Crippen molar-refractivity contribution >= 4 is 17.5 Å². The van der Waals surface area contributed by atoms with Gasteiger partial charge in [0.2, 0.25) is 0 Å². The van der Waals surface area contributed by atoms with Crippen molar-refractivity contribution in [3.05, 3.63) is 18.3 Å². The van der Waals surface area contributed by atoms with Crippen LogP contribution < -0.4 is 15.5 Å². The molecule has 0 spiro atoms. The van der Waals surface area contributed by atoms with Crippen LogP contribution in [0.5, 0.6) is 0 Å². The summed E-state index contributed by atoms with van der Waals surface area (Å²) in [7, 11) is 0. The third-order valence-corrected chi connectivity index (χ3v) is 4.80. The van der Waals surface area contributed by atoms with Crippen LogP contribution >= 0.6 is 0 Å². The predicted molar refractivity (Wildman–Crippen MR) is 99.1 cm³/mol. The first kappa shape index (κ1) is 17.9. The molecule has 0 radical (unpaired) electrons. The van der Waals surface area contributed by atoms with Crippen molar-refractivity contribution in [2.75, 3.05) is 62.7 Å². The van der Waals surface area contributed by atoms with Crippen LogP contribution in [-0.2, 0) is 4.74 Å². The standard InChI is InChI=1S/C18H29N5O2/c1-15-3-2-7-22(14-15)8-6-19-18(24)21-16-4-5-17(20-13-16)23-9-11-25-12-10-23/h4-5,13,15H,2-3,6-12,14H2,1H3,(H2,19,21,24)/t15-/m1/s1. The second kappa shape index (κ2) is 9.01. The number of carbonyl (C=O) groups excluding carboxylic acids is 1. The number of rotatable bonds is 5. The van der Waals surface area contributed by atoms with Gasteiger partial charge < -0.3 is 25.2 Å². The van der Waals surface area contributed by atoms with Gasteiger partial charge in [0.15, 0.2) is 0 Å². The minimum atomic E-state index is -0.175. The maximum atomic E-state index is 12.0. The number of nitrogens with one attached hydrogen (secondary N) is 2. The summed E-state index contributed by atoms with van der Waals surface area (Å²) in [6.45, 7) is 9.32. The zero-order chi connectivity index (χ0) is 17.5. The molecule has 1 atom stereocenters. The number of pyridine rings is 1. The summed E-state index contributed by atoms with van der Waals surface area (Å²) in [5.41, 5.74) is 0.709. The number of carbonyl (C=O) groups is 1. The molecule has 25 heavy (non-hydrogen) atoms. The van der Waals surface area contributed by atoms with E-state index in [0.29, 0.717) is 12.2 Å². The molecule has 138 valence electrons. The lowest BCUT2D eigenvalue weighted by atomic mass is 10.0. The van der Waals surface area contributed by atoms with Crippen LogP contribution in [0.3, 0.4) is 0 Å². The minimum Gasteiger partial charge on any atom is -0.378 e. The van der Waals surface area contributed by atoms with Gasteiger partial charge >= 0.3 is 6.03 Å². The predicted octanol–water partition coefficient (Wildman–Crippen LogP) is 1.77. The van der Waals surface area contributed by atoms with Gasteiger partial charge in [-0.3, -0.25) is 0 Å². The Morgan fingerprint density at radius 3 is 2.88 bits per heavy atom. The fourth-order valence-electron chi connectivity index (χ4n) is 3.43. The first-order valence-electron chi connectivity index (χ1n) is 9.26. The van der Waals surface area contributed by atoms with E-state index < -0.39 is 0 Å². The number of anilines is 2. The molecular weight excluding hydrogens is 318 g/mol. The van der Waals surface area contributed by atoms with E-state index >= 15 is 0 Å². The number of likely N-dealkylation sites (tertiary alicyclic amines) is 1. The van der Waals surface area contributed by atoms with Crippen molar-refractivity contribution in [2.45, 2.75) is 19.8 Å². The van der Waals surface area contributed by atoms with Crippen LogP contribution in [0.2, 0.25) is 0 Å². The van der Waals surface area contributed by atoms with Crippen molar-refractivity contribution in [3.8, 4) is 0 Å². The Labute approximate surface area is 149 Å². The van der Waals surface area contributed by atoms with E-state index in [9.17, 15) is 4.79 Å². The first-order chi connectivity index (χ1) is 12.2. The number of aromatic nitrogens is 1. The van der Waals surface area contributed by atoms with Crippen LogP contribution in [-0.4, -0.2) is 68.4 Å². The molecule has 2 amide bonds. The zero-order valence-electron chi connectivity index (χ0n) is 15.0. The third kappa shape index (κ3) is 5.57. The summed E-state index contributed by atoms with van der Waals surface area (Å²) in [5, 5.41) is 5.77. The van der Waals surface area contributed by atoms with Crippen molar-refractivity contribution in [2.24, 2.45) is 5.92 Å². The minimum absolute atomic E-state index is 0.175. The molecule has 0 aliphatic carbocycles. The number of urea groups is 1. The van der Waals surface area contributed by atoms with Gasteiger partial charge in [-0.1, -0.05) is 6.92 Å². The second-order valence-electron chi connectivity index (χ2n) is 6.93. The SMILES string of the molecule is C[C@@H]1CCCN(CCNC(=O)Nc2ccc(N3CCOCC3)nc2)C1. The molecule has 2 N–H and O–H groups in total. The van der Waals surface area contributed by atoms with Crippen molar-refractivity contribution < 1.29 is 9.53 Å². The van der Waals surface area contributed by atoms with Gasteiger partial charge in [-0.15, -0.1) is 0 Å². The Morgan fingerprint density at radius 1 is 1.32 bits per heavy atom. The van der Waals surface area contributed by atoms with Gasteiger partial charge in [-0.05, 0) is 37.4 Å². The number of hydrogen-bond donors (Lipinski definition) is 2. The van der Waals surface area contributed by atoms with Crippen molar-refractivity contribution in [1.29, 1.82) is 0 Å². The summed E-state index contributed by atoms with van der Waals surface area (Å²) in [4.78, 5) is 21.1. The lowest BCUT2D eigenvalue weighted by Crippen LogP contribution is -2.41. The molecule has 1 aromatic heterocycles. The van der Waals surface area contributed by atoms with E-state index in [-0.39, 0.29) is 6.03 Å². The molecule has 7 heteroatoms. The Morgan fingerprint density at radius 2 is 2.16 bits per heavy atom. The summed E-state index contributed by atoms with van der Waals surface area (Å²) in [6, 6.07) is 3.66. The van der Waals surface area contributed by atoms with Gasteiger partial charge in [0, 0.05) is 32.7 Å². The van der Waals surface area contributed by atoms with Crippen LogP contribution in [0.4, 0.5) is 16.3 Å². The normalized spacial score (nSPS) is 21.8. The fraction of sp³-hybridized carbons (Fsp3) is 0.667. The molecule has 3 heterocycles. The summed E-state index contributed by atoms with van der Waals surface area (Å²) in [6.07, 6.45) is 4.28. The second-order valence-corrected chi connectivity index (χ2v) is 6.93. The number of nitrogens with zero attached hydrogens (tertiary/aromatic N) is 3. The average molecular weight is 347 g/mol. The van der Waals surface area contributed by atoms with E-state index in [1.165, 1.54) is 12.8 Å². The molecule has 3 rings (SSSR count). The Kier molecular flexibility index (Phi) is 6.47. The molecule has 0 bridgehead atoms. The highest BCUT2D eigenvalue weighted by Gasteiger charge is 2.16. The molecule has 0 aromatic carbocycles. The Bertz CT molecular complexity index is 545.